The van der Waals surface area contributed by atoms with Crippen LogP contribution >= 0.6 is 0 Å². The molecule has 0 saturated carbocycles. The highest BCUT2D eigenvalue weighted by molar-refractivity contribution is 5.95. The highest BCUT2D eigenvalue weighted by Gasteiger charge is 2.25. The number of carbonyl (C=O) groups excluding carboxylic acids is 2. The van der Waals surface area contributed by atoms with E-state index in [0.29, 0.717) is 30.9 Å². The molecule has 2 aromatic heterocycles. The Morgan fingerprint density at radius 3 is 2.64 bits per heavy atom. The molecular weight excluding hydrogens is 320 g/mol. The van der Waals surface area contributed by atoms with Gasteiger partial charge in [-0.05, 0) is 25.5 Å². The van der Waals surface area contributed by atoms with Crippen LogP contribution in [-0.2, 0) is 16.0 Å². The first-order valence-corrected chi connectivity index (χ1v) is 8.38. The van der Waals surface area contributed by atoms with E-state index >= 15 is 0 Å². The second kappa shape index (κ2) is 8.41. The van der Waals surface area contributed by atoms with Gasteiger partial charge in [-0.2, -0.15) is 5.10 Å². The molecule has 0 N–H and O–H groups in total. The number of aromatic nitrogens is 3. The molecule has 0 aliphatic heterocycles. The number of ether oxygens (including phenoxy) is 1. The Morgan fingerprint density at radius 1 is 1.32 bits per heavy atom. The summed E-state index contributed by atoms with van der Waals surface area (Å²) in [6.45, 7) is 6.41. The predicted octanol–water partition coefficient (Wildman–Crippen LogP) is 2.10. The fourth-order valence-corrected chi connectivity index (χ4v) is 2.70. The second-order valence-electron chi connectivity index (χ2n) is 5.73. The number of hydrogen-bond acceptors (Lipinski definition) is 5. The Labute approximate surface area is 147 Å². The zero-order chi connectivity index (χ0) is 18.4. The Hall–Kier alpha value is -2.70. The molecule has 0 bridgehead atoms. The Morgan fingerprint density at radius 2 is 2.08 bits per heavy atom. The first-order chi connectivity index (χ1) is 12.0. The van der Waals surface area contributed by atoms with Crippen LogP contribution < -0.4 is 0 Å². The summed E-state index contributed by atoms with van der Waals surface area (Å²) in [7, 11) is 1.35. The highest BCUT2D eigenvalue weighted by Crippen LogP contribution is 2.17. The number of esters is 1. The lowest BCUT2D eigenvalue weighted by Crippen LogP contribution is -2.37. The molecule has 2 heterocycles. The number of nitrogens with zero attached hydrogens (tertiary/aromatic N) is 4. The van der Waals surface area contributed by atoms with Crippen molar-refractivity contribution in [1.29, 1.82) is 0 Å². The maximum absolute atomic E-state index is 12.9. The molecule has 7 nitrogen and oxygen atoms in total. The quantitative estimate of drug-likeness (QED) is 0.719. The molecule has 0 saturated heterocycles. The van der Waals surface area contributed by atoms with Crippen LogP contribution in [-0.4, -0.2) is 51.7 Å². The first kappa shape index (κ1) is 18.6. The van der Waals surface area contributed by atoms with Crippen molar-refractivity contribution in [1.82, 2.24) is 19.7 Å². The Kier molecular flexibility index (Phi) is 6.27. The summed E-state index contributed by atoms with van der Waals surface area (Å²) < 4.78 is 6.43. The lowest BCUT2D eigenvalue weighted by Gasteiger charge is -2.23. The van der Waals surface area contributed by atoms with Gasteiger partial charge in [0.1, 0.15) is 0 Å². The SMILES string of the molecule is CCc1c(C(=O)N(CC)C[C@H](C)C(=O)OC)cnn1-c1ccccn1. The fourth-order valence-electron chi connectivity index (χ4n) is 2.70. The third-order valence-electron chi connectivity index (χ3n) is 4.07. The summed E-state index contributed by atoms with van der Waals surface area (Å²) in [6, 6.07) is 5.55. The van der Waals surface area contributed by atoms with E-state index < -0.39 is 0 Å². The smallest absolute Gasteiger partial charge is 0.310 e. The molecule has 1 atom stereocenters. The molecule has 134 valence electrons. The maximum atomic E-state index is 12.9. The molecule has 0 aromatic carbocycles. The van der Waals surface area contributed by atoms with Crippen molar-refractivity contribution in [3.8, 4) is 5.82 Å². The summed E-state index contributed by atoms with van der Waals surface area (Å²) in [5.74, 6) is -0.183. The molecule has 0 aliphatic carbocycles. The first-order valence-electron chi connectivity index (χ1n) is 8.38. The van der Waals surface area contributed by atoms with Crippen LogP contribution in [0.5, 0.6) is 0 Å². The van der Waals surface area contributed by atoms with Gasteiger partial charge in [0.2, 0.25) is 0 Å². The molecule has 0 aliphatic rings. The van der Waals surface area contributed by atoms with Gasteiger partial charge in [-0.3, -0.25) is 9.59 Å². The Bertz CT molecular complexity index is 727. The minimum atomic E-state index is -0.384. The van der Waals surface area contributed by atoms with Crippen molar-refractivity contribution < 1.29 is 14.3 Å². The zero-order valence-electron chi connectivity index (χ0n) is 15.1. The summed E-state index contributed by atoms with van der Waals surface area (Å²) in [5, 5.41) is 4.34. The molecule has 0 fully saturated rings. The van der Waals surface area contributed by atoms with Crippen molar-refractivity contribution >= 4 is 11.9 Å². The second-order valence-corrected chi connectivity index (χ2v) is 5.73. The lowest BCUT2D eigenvalue weighted by atomic mass is 10.1. The van der Waals surface area contributed by atoms with E-state index in [1.54, 1.807) is 28.9 Å². The Balaban J connectivity index is 2.29. The lowest BCUT2D eigenvalue weighted by molar-refractivity contribution is -0.145. The molecular formula is C18H24N4O3. The average molecular weight is 344 g/mol. The van der Waals surface area contributed by atoms with Crippen LogP contribution in [0, 0.1) is 5.92 Å². The average Bonchev–Trinajstić information content (AvgIpc) is 3.09. The van der Waals surface area contributed by atoms with Crippen LogP contribution in [0.15, 0.2) is 30.6 Å². The third kappa shape index (κ3) is 4.04. The number of methoxy groups -OCH3 is 1. The topological polar surface area (TPSA) is 77.3 Å². The number of hydrogen-bond donors (Lipinski definition) is 0. The van der Waals surface area contributed by atoms with Crippen molar-refractivity contribution in [3.05, 3.63) is 41.9 Å². The van der Waals surface area contributed by atoms with Gasteiger partial charge in [0.15, 0.2) is 5.82 Å². The monoisotopic (exact) mass is 344 g/mol. The van der Waals surface area contributed by atoms with Crippen LogP contribution in [0.3, 0.4) is 0 Å². The van der Waals surface area contributed by atoms with Gasteiger partial charge < -0.3 is 9.64 Å². The summed E-state index contributed by atoms with van der Waals surface area (Å²) in [5.41, 5.74) is 1.33. The summed E-state index contributed by atoms with van der Waals surface area (Å²) >= 11 is 0. The van der Waals surface area contributed by atoms with E-state index in [2.05, 4.69) is 10.1 Å². The molecule has 1 amide bonds. The van der Waals surface area contributed by atoms with Gasteiger partial charge in [-0.1, -0.05) is 19.9 Å². The molecule has 7 heteroatoms. The maximum Gasteiger partial charge on any atom is 0.310 e. The van der Waals surface area contributed by atoms with Crippen LogP contribution in [0.4, 0.5) is 0 Å². The van der Waals surface area contributed by atoms with E-state index in [9.17, 15) is 9.59 Å². The van der Waals surface area contributed by atoms with Gasteiger partial charge in [-0.15, -0.1) is 0 Å². The fraction of sp³-hybridized carbons (Fsp3) is 0.444. The van der Waals surface area contributed by atoms with E-state index in [4.69, 9.17) is 4.74 Å². The van der Waals surface area contributed by atoms with E-state index in [-0.39, 0.29) is 17.8 Å². The minimum Gasteiger partial charge on any atom is -0.469 e. The van der Waals surface area contributed by atoms with Gasteiger partial charge in [-0.25, -0.2) is 9.67 Å². The van der Waals surface area contributed by atoms with Crippen molar-refractivity contribution in [2.75, 3.05) is 20.2 Å². The normalized spacial score (nSPS) is 11.8. The standard InChI is InChI=1S/C18H24N4O3/c1-5-15-14(11-20-22(15)16-9-7-8-10-19-16)17(23)21(6-2)12-13(3)18(24)25-4/h7-11,13H,5-6,12H2,1-4H3/t13-/m0/s1. The number of carbonyl (C=O) groups is 2. The molecule has 25 heavy (non-hydrogen) atoms. The van der Waals surface area contributed by atoms with Gasteiger partial charge >= 0.3 is 5.97 Å². The minimum absolute atomic E-state index is 0.141. The zero-order valence-corrected chi connectivity index (χ0v) is 15.1. The van der Waals surface area contributed by atoms with Gasteiger partial charge in [0.25, 0.3) is 5.91 Å². The molecule has 2 aromatic rings. The van der Waals surface area contributed by atoms with Crippen molar-refractivity contribution in [2.24, 2.45) is 5.92 Å². The van der Waals surface area contributed by atoms with Gasteiger partial charge in [0.05, 0.1) is 30.5 Å². The highest BCUT2D eigenvalue weighted by atomic mass is 16.5. The summed E-state index contributed by atoms with van der Waals surface area (Å²) in [4.78, 5) is 30.5. The van der Waals surface area contributed by atoms with Crippen molar-refractivity contribution in [3.63, 3.8) is 0 Å². The number of rotatable bonds is 7. The van der Waals surface area contributed by atoms with Crippen molar-refractivity contribution in [2.45, 2.75) is 27.2 Å². The molecule has 0 radical (unpaired) electrons. The molecule has 0 spiro atoms. The largest absolute Gasteiger partial charge is 0.469 e. The van der Waals surface area contributed by atoms with Crippen LogP contribution in [0.25, 0.3) is 5.82 Å². The van der Waals surface area contributed by atoms with E-state index in [0.717, 1.165) is 5.69 Å². The summed E-state index contributed by atoms with van der Waals surface area (Å²) in [6.07, 6.45) is 3.90. The number of pyridine rings is 1. The van der Waals surface area contributed by atoms with Gasteiger partial charge in [0, 0.05) is 19.3 Å². The molecule has 2 rings (SSSR count). The number of amides is 1. The van der Waals surface area contributed by atoms with Crippen LogP contribution in [0.2, 0.25) is 0 Å². The third-order valence-corrected chi connectivity index (χ3v) is 4.07. The van der Waals surface area contributed by atoms with Crippen LogP contribution in [0.1, 0.15) is 36.8 Å². The molecule has 0 unspecified atom stereocenters. The van der Waals surface area contributed by atoms with E-state index in [1.165, 1.54) is 7.11 Å². The predicted molar refractivity (Wildman–Crippen MR) is 93.5 cm³/mol. The van der Waals surface area contributed by atoms with E-state index in [1.807, 2.05) is 32.0 Å².